The van der Waals surface area contributed by atoms with Crippen LogP contribution < -0.4 is 11.6 Å². The number of hydrazine groups is 1. The fourth-order valence-electron chi connectivity index (χ4n) is 1.25. The van der Waals surface area contributed by atoms with Crippen molar-refractivity contribution in [2.45, 2.75) is 46.6 Å². The zero-order chi connectivity index (χ0) is 10.9. The van der Waals surface area contributed by atoms with E-state index in [0.717, 1.165) is 5.70 Å². The van der Waals surface area contributed by atoms with Crippen molar-refractivity contribution in [3.05, 3.63) is 11.9 Å². The van der Waals surface area contributed by atoms with Crippen molar-refractivity contribution in [3.8, 4) is 0 Å². The number of hydrogen-bond donors (Lipinski definition) is 2. The molecule has 0 bridgehead atoms. The first kappa shape index (κ1) is 11.4. The Morgan fingerprint density at radius 1 is 1.43 bits per heavy atom. The van der Waals surface area contributed by atoms with Gasteiger partial charge in [-0.3, -0.25) is 0 Å². The van der Waals surface area contributed by atoms with Crippen LogP contribution in [0.25, 0.3) is 0 Å². The normalized spacial score (nSPS) is 20.8. The highest BCUT2D eigenvalue weighted by molar-refractivity contribution is 5.07. The minimum Gasteiger partial charge on any atom is -0.401 e. The minimum absolute atomic E-state index is 0.176. The predicted octanol–water partition coefficient (Wildman–Crippen LogP) is 1.81. The lowest BCUT2D eigenvalue weighted by Crippen LogP contribution is -2.43. The quantitative estimate of drug-likeness (QED) is 0.536. The largest absolute Gasteiger partial charge is 0.401 e. The van der Waals surface area contributed by atoms with Gasteiger partial charge in [-0.2, -0.15) is 0 Å². The molecule has 0 amide bonds. The summed E-state index contributed by atoms with van der Waals surface area (Å²) in [6.45, 7) is 8.66. The van der Waals surface area contributed by atoms with E-state index in [1.165, 1.54) is 12.8 Å². The molecule has 3 nitrogen and oxygen atoms in total. The van der Waals surface area contributed by atoms with Crippen molar-refractivity contribution in [1.82, 2.24) is 5.01 Å². The summed E-state index contributed by atoms with van der Waals surface area (Å²) in [6.07, 6.45) is 4.34. The fourth-order valence-corrected chi connectivity index (χ4v) is 1.25. The van der Waals surface area contributed by atoms with Gasteiger partial charge in [0.15, 0.2) is 0 Å². The molecule has 1 rings (SSSR count). The van der Waals surface area contributed by atoms with E-state index in [4.69, 9.17) is 11.6 Å². The van der Waals surface area contributed by atoms with E-state index in [2.05, 4.69) is 27.7 Å². The van der Waals surface area contributed by atoms with Crippen molar-refractivity contribution in [2.24, 2.45) is 22.9 Å². The summed E-state index contributed by atoms with van der Waals surface area (Å²) in [5.41, 5.74) is 7.01. The summed E-state index contributed by atoms with van der Waals surface area (Å²) >= 11 is 0. The number of nitrogens with two attached hydrogens (primary N) is 2. The Bertz CT molecular complexity index is 223. The summed E-state index contributed by atoms with van der Waals surface area (Å²) < 4.78 is 0. The molecule has 0 spiro atoms. The molecule has 1 atom stereocenters. The third kappa shape index (κ3) is 2.91. The zero-order valence-electron chi connectivity index (χ0n) is 9.75. The third-order valence-electron chi connectivity index (χ3n) is 3.05. The van der Waals surface area contributed by atoms with Crippen LogP contribution in [-0.2, 0) is 0 Å². The Morgan fingerprint density at radius 3 is 2.29 bits per heavy atom. The molecular weight excluding hydrogens is 174 g/mol. The average Bonchev–Trinajstić information content (AvgIpc) is 2.82. The topological polar surface area (TPSA) is 55.3 Å². The van der Waals surface area contributed by atoms with Crippen LogP contribution in [0.4, 0.5) is 0 Å². The first-order valence-electron chi connectivity index (χ1n) is 5.32. The molecule has 0 heterocycles. The Kier molecular flexibility index (Phi) is 3.10. The van der Waals surface area contributed by atoms with Gasteiger partial charge < -0.3 is 10.7 Å². The summed E-state index contributed by atoms with van der Waals surface area (Å²) in [6, 6.07) is 0.291. The molecule has 1 unspecified atom stereocenters. The first-order valence-corrected chi connectivity index (χ1v) is 5.32. The van der Waals surface area contributed by atoms with Gasteiger partial charge in [-0.25, -0.2) is 5.84 Å². The highest BCUT2D eigenvalue weighted by atomic mass is 15.4. The van der Waals surface area contributed by atoms with Gasteiger partial charge in [0, 0.05) is 23.9 Å². The summed E-state index contributed by atoms with van der Waals surface area (Å²) in [4.78, 5) is 0. The number of rotatable bonds is 3. The maximum absolute atomic E-state index is 5.95. The molecule has 0 radical (unpaired) electrons. The van der Waals surface area contributed by atoms with Gasteiger partial charge in [0.1, 0.15) is 0 Å². The van der Waals surface area contributed by atoms with Crippen LogP contribution in [0.15, 0.2) is 11.9 Å². The van der Waals surface area contributed by atoms with Crippen LogP contribution in [0.1, 0.15) is 40.5 Å². The van der Waals surface area contributed by atoms with Gasteiger partial charge in [-0.1, -0.05) is 20.8 Å². The molecular formula is C11H23N3. The number of allylic oxidation sites excluding steroid dienone is 1. The molecule has 14 heavy (non-hydrogen) atoms. The summed E-state index contributed by atoms with van der Waals surface area (Å²) in [5.74, 6) is 6.54. The van der Waals surface area contributed by atoms with E-state index < -0.39 is 0 Å². The fraction of sp³-hybridized carbons (Fsp3) is 0.818. The van der Waals surface area contributed by atoms with Crippen molar-refractivity contribution in [2.75, 3.05) is 0 Å². The second kappa shape index (κ2) is 3.81. The lowest BCUT2D eigenvalue weighted by molar-refractivity contribution is 0.163. The lowest BCUT2D eigenvalue weighted by Gasteiger charge is -2.34. The zero-order valence-corrected chi connectivity index (χ0v) is 9.75. The van der Waals surface area contributed by atoms with E-state index in [1.807, 2.05) is 6.20 Å². The molecule has 0 saturated heterocycles. The van der Waals surface area contributed by atoms with Gasteiger partial charge in [0.25, 0.3) is 0 Å². The number of nitrogens with zero attached hydrogens (tertiary/aromatic N) is 1. The maximum Gasteiger partial charge on any atom is 0.0466 e. The predicted molar refractivity (Wildman–Crippen MR) is 59.9 cm³/mol. The molecule has 1 fully saturated rings. The third-order valence-corrected chi connectivity index (χ3v) is 3.05. The number of hydrogen-bond acceptors (Lipinski definition) is 3. The SMILES string of the molecule is CC(N(N)/C=C(\N)C1CC1)C(C)(C)C. The van der Waals surface area contributed by atoms with Crippen LogP contribution in [0.3, 0.4) is 0 Å². The van der Waals surface area contributed by atoms with Gasteiger partial charge >= 0.3 is 0 Å². The van der Waals surface area contributed by atoms with Gasteiger partial charge in [0.05, 0.1) is 0 Å². The summed E-state index contributed by atoms with van der Waals surface area (Å²) in [7, 11) is 0. The van der Waals surface area contributed by atoms with Gasteiger partial charge in [-0.05, 0) is 25.2 Å². The van der Waals surface area contributed by atoms with E-state index in [0.29, 0.717) is 12.0 Å². The smallest absolute Gasteiger partial charge is 0.0466 e. The Labute approximate surface area is 87.1 Å². The molecule has 3 heteroatoms. The molecule has 0 aromatic rings. The Hall–Kier alpha value is -0.700. The molecule has 0 aromatic carbocycles. The first-order chi connectivity index (χ1) is 6.32. The highest BCUT2D eigenvalue weighted by Gasteiger charge is 2.27. The molecule has 1 saturated carbocycles. The van der Waals surface area contributed by atoms with E-state index >= 15 is 0 Å². The monoisotopic (exact) mass is 197 g/mol. The van der Waals surface area contributed by atoms with E-state index in [1.54, 1.807) is 5.01 Å². The molecule has 0 aromatic heterocycles. The Balaban J connectivity index is 2.56. The second-order valence-corrected chi connectivity index (χ2v) is 5.39. The second-order valence-electron chi connectivity index (χ2n) is 5.39. The standard InChI is InChI=1S/C11H23N3/c1-8(11(2,3)4)14(13)7-10(12)9-5-6-9/h7-9H,5-6,12-13H2,1-4H3/b10-7-. The molecule has 1 aliphatic rings. The summed E-state index contributed by atoms with van der Waals surface area (Å²) in [5, 5.41) is 1.74. The van der Waals surface area contributed by atoms with Crippen LogP contribution in [0.5, 0.6) is 0 Å². The molecule has 0 aliphatic heterocycles. The molecule has 82 valence electrons. The highest BCUT2D eigenvalue weighted by Crippen LogP contribution is 2.34. The molecule has 1 aliphatic carbocycles. The van der Waals surface area contributed by atoms with Crippen LogP contribution >= 0.6 is 0 Å². The van der Waals surface area contributed by atoms with E-state index in [-0.39, 0.29) is 5.41 Å². The van der Waals surface area contributed by atoms with Crippen molar-refractivity contribution in [1.29, 1.82) is 0 Å². The van der Waals surface area contributed by atoms with Crippen LogP contribution in [-0.4, -0.2) is 11.1 Å². The van der Waals surface area contributed by atoms with Gasteiger partial charge in [0.2, 0.25) is 0 Å². The average molecular weight is 197 g/mol. The van der Waals surface area contributed by atoms with E-state index in [9.17, 15) is 0 Å². The molecule has 4 N–H and O–H groups in total. The van der Waals surface area contributed by atoms with Crippen molar-refractivity contribution >= 4 is 0 Å². The van der Waals surface area contributed by atoms with Gasteiger partial charge in [-0.15, -0.1) is 0 Å². The lowest BCUT2D eigenvalue weighted by atomic mass is 9.88. The van der Waals surface area contributed by atoms with Crippen LogP contribution in [0, 0.1) is 11.3 Å². The minimum atomic E-state index is 0.176. The maximum atomic E-state index is 5.95. The Morgan fingerprint density at radius 2 is 1.93 bits per heavy atom. The van der Waals surface area contributed by atoms with Crippen molar-refractivity contribution < 1.29 is 0 Å². The van der Waals surface area contributed by atoms with Crippen molar-refractivity contribution in [3.63, 3.8) is 0 Å². The van der Waals surface area contributed by atoms with Crippen LogP contribution in [0.2, 0.25) is 0 Å².